The van der Waals surface area contributed by atoms with Gasteiger partial charge in [0.2, 0.25) is 0 Å². The molecule has 1 heterocycles. The zero-order valence-corrected chi connectivity index (χ0v) is 2.96. The zero-order chi connectivity index (χ0) is 4.24. The number of nitrogens with zero attached hydrogens (tertiary/aromatic N) is 2. The highest BCUT2D eigenvalue weighted by molar-refractivity contribution is 5.70. The molecular weight excluding hydrogens is 82.0 g/mol. The normalized spacial score (nSPS) is 16.0. The van der Waals surface area contributed by atoms with Crippen LogP contribution in [-0.4, -0.2) is 12.7 Å². The second-order valence-electron chi connectivity index (χ2n) is 0.708. The maximum absolute atomic E-state index is 4.24. The first-order valence-corrected chi connectivity index (χ1v) is 1.45. The fraction of sp³-hybridized carbons (Fsp3) is 0. The van der Waals surface area contributed by atoms with Gasteiger partial charge in [0.15, 0.2) is 6.34 Å². The van der Waals surface area contributed by atoms with Gasteiger partial charge in [-0.3, -0.25) is 4.94 Å². The summed E-state index contributed by atoms with van der Waals surface area (Å²) in [7, 11) is 0. The second kappa shape index (κ2) is 1.40. The van der Waals surface area contributed by atoms with Crippen molar-refractivity contribution in [3.05, 3.63) is 0 Å². The van der Waals surface area contributed by atoms with E-state index >= 15 is 0 Å². The van der Waals surface area contributed by atoms with Crippen LogP contribution in [0.1, 0.15) is 0 Å². The molecule has 0 spiro atoms. The lowest BCUT2D eigenvalue weighted by Gasteiger charge is -1.93. The molecule has 1 rings (SSSR count). The molecule has 0 radical (unpaired) electrons. The third-order valence-electron chi connectivity index (χ3n) is 0.346. The Hall–Kier alpha value is -1.06. The van der Waals surface area contributed by atoms with Crippen LogP contribution in [0, 0.1) is 0 Å². The summed E-state index contributed by atoms with van der Waals surface area (Å²) >= 11 is 0. The van der Waals surface area contributed by atoms with Gasteiger partial charge < -0.3 is 0 Å². The maximum Gasteiger partial charge on any atom is 0.159 e. The summed E-state index contributed by atoms with van der Waals surface area (Å²) in [5, 5.41) is 3.24. The van der Waals surface area contributed by atoms with Gasteiger partial charge in [0.05, 0.1) is 0 Å². The number of hydrogen-bond acceptors (Lipinski definition) is 4. The van der Waals surface area contributed by atoms with Crippen molar-refractivity contribution in [3.63, 3.8) is 0 Å². The van der Waals surface area contributed by atoms with Crippen molar-refractivity contribution in [2.24, 2.45) is 10.1 Å². The van der Waals surface area contributed by atoms with E-state index in [2.05, 4.69) is 20.6 Å². The number of aliphatic imine (C=N–C) groups is 1. The zero-order valence-electron chi connectivity index (χ0n) is 2.96. The van der Waals surface area contributed by atoms with Gasteiger partial charge in [0.1, 0.15) is 6.34 Å². The summed E-state index contributed by atoms with van der Waals surface area (Å²) in [6.45, 7) is 0. The van der Waals surface area contributed by atoms with Crippen LogP contribution < -0.4 is 5.48 Å². The molecule has 1 N–H and O–H groups in total. The van der Waals surface area contributed by atoms with Gasteiger partial charge in [-0.25, -0.2) is 4.99 Å². The monoisotopic (exact) mass is 85.0 g/mol. The molecule has 1 aliphatic rings. The molecule has 0 amide bonds. The molecule has 0 aromatic rings. The van der Waals surface area contributed by atoms with Gasteiger partial charge in [0.25, 0.3) is 0 Å². The topological polar surface area (TPSA) is 46.0 Å². The van der Waals surface area contributed by atoms with E-state index in [1.807, 2.05) is 0 Å². The van der Waals surface area contributed by atoms with E-state index < -0.39 is 0 Å². The fourth-order valence-electron chi connectivity index (χ4n) is 0.169. The molecule has 32 valence electrons. The third-order valence-corrected chi connectivity index (χ3v) is 0.346. The highest BCUT2D eigenvalue weighted by atomic mass is 16.8. The van der Waals surface area contributed by atoms with Crippen molar-refractivity contribution in [3.8, 4) is 0 Å². The average Bonchev–Trinajstić information content (AvgIpc) is 1.72. The highest BCUT2D eigenvalue weighted by Gasteiger charge is 1.74. The van der Waals surface area contributed by atoms with Gasteiger partial charge in [-0.15, -0.1) is 0 Å². The minimum absolute atomic E-state index is 1.30. The SMILES string of the molecule is C1=NC=NON1. The fourth-order valence-corrected chi connectivity index (χ4v) is 0.169. The first-order valence-electron chi connectivity index (χ1n) is 1.45. The van der Waals surface area contributed by atoms with E-state index in [0.29, 0.717) is 0 Å². The summed E-state index contributed by atoms with van der Waals surface area (Å²) < 4.78 is 0. The Balaban J connectivity index is 2.46. The highest BCUT2D eigenvalue weighted by Crippen LogP contribution is 1.68. The third kappa shape index (κ3) is 0.453. The van der Waals surface area contributed by atoms with Crippen LogP contribution in [0.25, 0.3) is 0 Å². The molecule has 0 saturated heterocycles. The molecular formula is C2H3N3O. The Bertz CT molecular complexity index is 74.8. The van der Waals surface area contributed by atoms with Crippen LogP contribution in [-0.2, 0) is 4.94 Å². The van der Waals surface area contributed by atoms with E-state index in [4.69, 9.17) is 0 Å². The second-order valence-corrected chi connectivity index (χ2v) is 0.708. The van der Waals surface area contributed by atoms with Crippen molar-refractivity contribution < 1.29 is 4.94 Å². The molecule has 0 bridgehead atoms. The Kier molecular flexibility index (Phi) is 0.731. The molecule has 0 aromatic carbocycles. The first-order chi connectivity index (χ1) is 3.00. The van der Waals surface area contributed by atoms with Crippen molar-refractivity contribution in [1.82, 2.24) is 5.48 Å². The number of hydroxylamine groups is 1. The van der Waals surface area contributed by atoms with Crippen LogP contribution in [0.15, 0.2) is 10.1 Å². The van der Waals surface area contributed by atoms with E-state index in [0.717, 1.165) is 0 Å². The molecule has 0 saturated carbocycles. The quantitative estimate of drug-likeness (QED) is 0.430. The molecule has 6 heavy (non-hydrogen) atoms. The maximum atomic E-state index is 4.24. The number of oxime groups is 1. The summed E-state index contributed by atoms with van der Waals surface area (Å²) in [6.07, 6.45) is 2.70. The largest absolute Gasteiger partial charge is 0.268 e. The molecule has 4 heteroatoms. The predicted molar refractivity (Wildman–Crippen MR) is 21.2 cm³/mol. The van der Waals surface area contributed by atoms with E-state index in [-0.39, 0.29) is 0 Å². The average molecular weight is 85.1 g/mol. The number of hydrogen-bond donors (Lipinski definition) is 1. The Morgan fingerprint density at radius 3 is 2.83 bits per heavy atom. The van der Waals surface area contributed by atoms with Crippen molar-refractivity contribution >= 4 is 12.7 Å². The molecule has 0 atom stereocenters. The lowest BCUT2D eigenvalue weighted by molar-refractivity contribution is 0.0944. The summed E-state index contributed by atoms with van der Waals surface area (Å²) in [6, 6.07) is 0. The number of rotatable bonds is 0. The molecule has 1 aliphatic heterocycles. The lowest BCUT2D eigenvalue weighted by Crippen LogP contribution is -2.10. The van der Waals surface area contributed by atoms with Gasteiger partial charge >= 0.3 is 0 Å². The molecule has 4 nitrogen and oxygen atoms in total. The van der Waals surface area contributed by atoms with Crippen molar-refractivity contribution in [2.45, 2.75) is 0 Å². The van der Waals surface area contributed by atoms with Gasteiger partial charge in [-0.1, -0.05) is 0 Å². The lowest BCUT2D eigenvalue weighted by atomic mass is 11.2. The molecule has 0 fully saturated rings. The first kappa shape index (κ1) is 3.14. The minimum atomic E-state index is 1.30. The Morgan fingerprint density at radius 1 is 1.67 bits per heavy atom. The smallest absolute Gasteiger partial charge is 0.159 e. The molecule has 0 unspecified atom stereocenters. The minimum Gasteiger partial charge on any atom is -0.268 e. The van der Waals surface area contributed by atoms with Crippen LogP contribution in [0.2, 0.25) is 0 Å². The summed E-state index contributed by atoms with van der Waals surface area (Å²) in [5.74, 6) is 0. The molecule has 0 aliphatic carbocycles. The van der Waals surface area contributed by atoms with Crippen LogP contribution in [0.3, 0.4) is 0 Å². The van der Waals surface area contributed by atoms with Gasteiger partial charge in [-0.05, 0) is 5.16 Å². The van der Waals surface area contributed by atoms with E-state index in [1.54, 1.807) is 0 Å². The van der Waals surface area contributed by atoms with Gasteiger partial charge in [0, 0.05) is 0 Å². The molecule has 0 aromatic heterocycles. The van der Waals surface area contributed by atoms with Crippen molar-refractivity contribution in [2.75, 3.05) is 0 Å². The summed E-state index contributed by atoms with van der Waals surface area (Å²) in [4.78, 5) is 7.76. The van der Waals surface area contributed by atoms with Crippen LogP contribution in [0.5, 0.6) is 0 Å². The Morgan fingerprint density at radius 2 is 2.67 bits per heavy atom. The van der Waals surface area contributed by atoms with Crippen molar-refractivity contribution in [1.29, 1.82) is 0 Å². The van der Waals surface area contributed by atoms with Crippen LogP contribution >= 0.6 is 0 Å². The van der Waals surface area contributed by atoms with Crippen LogP contribution in [0.4, 0.5) is 0 Å². The Labute approximate surface area is 34.5 Å². The number of nitrogens with one attached hydrogen (secondary N) is 1. The standard InChI is InChI=1S/C2H3N3O/c1-3-2-5-6-4-1/h1-2H,(H,3,4,5). The summed E-state index contributed by atoms with van der Waals surface area (Å²) in [5.41, 5.74) is 2.30. The van der Waals surface area contributed by atoms with Gasteiger partial charge in [-0.2, -0.15) is 5.48 Å². The predicted octanol–water partition coefficient (Wildman–Crippen LogP) is -0.507. The van der Waals surface area contributed by atoms with E-state index in [1.165, 1.54) is 12.7 Å². The van der Waals surface area contributed by atoms with E-state index in [9.17, 15) is 0 Å².